The Labute approximate surface area is 194 Å². The van der Waals surface area contributed by atoms with Crippen molar-refractivity contribution in [2.75, 3.05) is 11.9 Å². The number of aromatic carboxylic acids is 1. The van der Waals surface area contributed by atoms with Gasteiger partial charge in [0.1, 0.15) is 6.61 Å². The third kappa shape index (κ3) is 5.79. The Morgan fingerprint density at radius 3 is 2.63 bits per heavy atom. The van der Waals surface area contributed by atoms with Gasteiger partial charge in [-0.05, 0) is 71.5 Å². The normalized spacial score (nSPS) is 10.5. The Morgan fingerprint density at radius 1 is 1.10 bits per heavy atom. The molecule has 7 heteroatoms. The first kappa shape index (κ1) is 22.2. The zero-order chi connectivity index (χ0) is 21.5. The van der Waals surface area contributed by atoms with E-state index in [9.17, 15) is 4.79 Å². The molecule has 3 aromatic carbocycles. The van der Waals surface area contributed by atoms with Crippen molar-refractivity contribution >= 4 is 45.8 Å². The van der Waals surface area contributed by atoms with Gasteiger partial charge < -0.3 is 19.9 Å². The summed E-state index contributed by atoms with van der Waals surface area (Å²) in [7, 11) is 0. The zero-order valence-corrected chi connectivity index (χ0v) is 19.2. The molecule has 5 nitrogen and oxygen atoms in total. The van der Waals surface area contributed by atoms with Crippen LogP contribution in [0, 0.1) is 3.57 Å². The number of anilines is 1. The third-order valence-electron chi connectivity index (χ3n) is 4.31. The standard InChI is InChI=1S/C23H21ClINO4/c1-2-29-21-11-15(13-26-18-8-5-7-16(12-18)23(27)28)10-20(25)22(21)30-14-17-6-3-4-9-19(17)24/h3-12,26H,2,13-14H2,1H3,(H,27,28). The van der Waals surface area contributed by atoms with E-state index in [2.05, 4.69) is 27.9 Å². The van der Waals surface area contributed by atoms with Crippen molar-refractivity contribution in [3.05, 3.63) is 85.9 Å². The zero-order valence-electron chi connectivity index (χ0n) is 16.3. The number of carboxylic acids is 1. The topological polar surface area (TPSA) is 67.8 Å². The van der Waals surface area contributed by atoms with E-state index in [0.717, 1.165) is 20.4 Å². The Bertz CT molecular complexity index is 1040. The molecule has 3 rings (SSSR count). The lowest BCUT2D eigenvalue weighted by atomic mass is 10.1. The van der Waals surface area contributed by atoms with Crippen molar-refractivity contribution in [3.63, 3.8) is 0 Å². The molecule has 2 N–H and O–H groups in total. The summed E-state index contributed by atoms with van der Waals surface area (Å²) >= 11 is 8.46. The Kier molecular flexibility index (Phi) is 7.81. The minimum atomic E-state index is -0.952. The smallest absolute Gasteiger partial charge is 0.335 e. The number of rotatable bonds is 9. The minimum absolute atomic E-state index is 0.243. The number of benzene rings is 3. The number of ether oxygens (including phenoxy) is 2. The van der Waals surface area contributed by atoms with Crippen LogP contribution >= 0.6 is 34.2 Å². The molecule has 0 heterocycles. The van der Waals surface area contributed by atoms with Crippen molar-refractivity contribution in [2.45, 2.75) is 20.1 Å². The van der Waals surface area contributed by atoms with Gasteiger partial charge in [-0.2, -0.15) is 0 Å². The molecule has 0 aliphatic carbocycles. The Hall–Kier alpha value is -2.45. The molecule has 0 saturated carbocycles. The van der Waals surface area contributed by atoms with Crippen LogP contribution in [0.15, 0.2) is 60.7 Å². The second kappa shape index (κ2) is 10.5. The van der Waals surface area contributed by atoms with E-state index in [0.29, 0.717) is 36.3 Å². The lowest BCUT2D eigenvalue weighted by Crippen LogP contribution is -2.05. The molecule has 0 atom stereocenters. The van der Waals surface area contributed by atoms with Gasteiger partial charge in [-0.1, -0.05) is 35.9 Å². The van der Waals surface area contributed by atoms with Gasteiger partial charge in [-0.3, -0.25) is 0 Å². The van der Waals surface area contributed by atoms with E-state index in [-0.39, 0.29) is 5.56 Å². The quantitative estimate of drug-likeness (QED) is 0.317. The summed E-state index contributed by atoms with van der Waals surface area (Å²) < 4.78 is 12.8. The summed E-state index contributed by atoms with van der Waals surface area (Å²) in [6.45, 7) is 3.29. The summed E-state index contributed by atoms with van der Waals surface area (Å²) in [5, 5.41) is 13.1. The molecular formula is C23H21ClINO4. The van der Waals surface area contributed by atoms with Crippen LogP contribution in [0.5, 0.6) is 11.5 Å². The van der Waals surface area contributed by atoms with Crippen LogP contribution in [0.25, 0.3) is 0 Å². The van der Waals surface area contributed by atoms with Gasteiger partial charge in [-0.25, -0.2) is 4.79 Å². The van der Waals surface area contributed by atoms with Crippen molar-refractivity contribution in [1.82, 2.24) is 0 Å². The molecule has 0 aliphatic rings. The predicted molar refractivity (Wildman–Crippen MR) is 127 cm³/mol. The highest BCUT2D eigenvalue weighted by atomic mass is 127. The van der Waals surface area contributed by atoms with Crippen LogP contribution in [0.4, 0.5) is 5.69 Å². The SMILES string of the molecule is CCOc1cc(CNc2cccc(C(=O)O)c2)cc(I)c1OCc1ccccc1Cl. The molecule has 0 radical (unpaired) electrons. The summed E-state index contributed by atoms with van der Waals surface area (Å²) in [5.74, 6) is 0.383. The van der Waals surface area contributed by atoms with Gasteiger partial charge in [-0.15, -0.1) is 0 Å². The summed E-state index contributed by atoms with van der Waals surface area (Å²) in [4.78, 5) is 11.1. The van der Waals surface area contributed by atoms with Gasteiger partial charge in [0.05, 0.1) is 15.7 Å². The molecule has 0 bridgehead atoms. The van der Waals surface area contributed by atoms with Crippen molar-refractivity contribution in [2.24, 2.45) is 0 Å². The van der Waals surface area contributed by atoms with Crippen LogP contribution in [-0.4, -0.2) is 17.7 Å². The highest BCUT2D eigenvalue weighted by Gasteiger charge is 2.13. The number of carbonyl (C=O) groups is 1. The molecule has 0 aromatic heterocycles. The van der Waals surface area contributed by atoms with Gasteiger partial charge in [0.2, 0.25) is 0 Å². The molecule has 0 aliphatic heterocycles. The lowest BCUT2D eigenvalue weighted by molar-refractivity contribution is 0.0697. The number of halogens is 2. The Balaban J connectivity index is 1.76. The van der Waals surface area contributed by atoms with Crippen LogP contribution in [0.3, 0.4) is 0 Å². The molecule has 3 aromatic rings. The van der Waals surface area contributed by atoms with E-state index in [4.69, 9.17) is 26.2 Å². The average molecular weight is 538 g/mol. The van der Waals surface area contributed by atoms with Crippen molar-refractivity contribution < 1.29 is 19.4 Å². The predicted octanol–water partition coefficient (Wildman–Crippen LogP) is 6.23. The fourth-order valence-corrected chi connectivity index (χ4v) is 3.87. The molecule has 30 heavy (non-hydrogen) atoms. The first-order valence-corrected chi connectivity index (χ1v) is 10.8. The van der Waals surface area contributed by atoms with Crippen LogP contribution in [-0.2, 0) is 13.2 Å². The van der Waals surface area contributed by atoms with Gasteiger partial charge >= 0.3 is 5.97 Å². The minimum Gasteiger partial charge on any atom is -0.490 e. The van der Waals surface area contributed by atoms with E-state index in [1.165, 1.54) is 0 Å². The summed E-state index contributed by atoms with van der Waals surface area (Å²) in [5.41, 5.74) is 2.88. The monoisotopic (exact) mass is 537 g/mol. The number of nitrogens with one attached hydrogen (secondary N) is 1. The van der Waals surface area contributed by atoms with Gasteiger partial charge in [0.15, 0.2) is 11.5 Å². The molecule has 156 valence electrons. The second-order valence-electron chi connectivity index (χ2n) is 6.46. The molecular weight excluding hydrogens is 517 g/mol. The Morgan fingerprint density at radius 2 is 1.90 bits per heavy atom. The second-order valence-corrected chi connectivity index (χ2v) is 8.03. The molecule has 0 fully saturated rings. The maximum atomic E-state index is 11.1. The number of hydrogen-bond acceptors (Lipinski definition) is 4. The fraction of sp³-hybridized carbons (Fsp3) is 0.174. The average Bonchev–Trinajstić information content (AvgIpc) is 2.73. The largest absolute Gasteiger partial charge is 0.490 e. The van der Waals surface area contributed by atoms with Crippen LogP contribution < -0.4 is 14.8 Å². The molecule has 0 spiro atoms. The van der Waals surface area contributed by atoms with E-state index in [1.54, 1.807) is 18.2 Å². The van der Waals surface area contributed by atoms with Crippen LogP contribution in [0.2, 0.25) is 5.02 Å². The first-order chi connectivity index (χ1) is 14.5. The number of hydrogen-bond donors (Lipinski definition) is 2. The third-order valence-corrected chi connectivity index (χ3v) is 5.48. The van der Waals surface area contributed by atoms with E-state index < -0.39 is 5.97 Å². The molecule has 0 unspecified atom stereocenters. The fourth-order valence-electron chi connectivity index (χ4n) is 2.86. The maximum Gasteiger partial charge on any atom is 0.335 e. The summed E-state index contributed by atoms with van der Waals surface area (Å²) in [6, 6.07) is 18.2. The van der Waals surface area contributed by atoms with E-state index in [1.807, 2.05) is 49.4 Å². The molecule has 0 saturated heterocycles. The highest BCUT2D eigenvalue weighted by molar-refractivity contribution is 14.1. The first-order valence-electron chi connectivity index (χ1n) is 9.36. The van der Waals surface area contributed by atoms with Crippen molar-refractivity contribution in [1.29, 1.82) is 0 Å². The van der Waals surface area contributed by atoms with Gasteiger partial charge in [0, 0.05) is 22.8 Å². The number of carboxylic acid groups (broad SMARTS) is 1. The van der Waals surface area contributed by atoms with Gasteiger partial charge in [0.25, 0.3) is 0 Å². The van der Waals surface area contributed by atoms with E-state index >= 15 is 0 Å². The maximum absolute atomic E-state index is 11.1. The lowest BCUT2D eigenvalue weighted by Gasteiger charge is -2.16. The molecule has 0 amide bonds. The van der Waals surface area contributed by atoms with Crippen LogP contribution in [0.1, 0.15) is 28.4 Å². The highest BCUT2D eigenvalue weighted by Crippen LogP contribution is 2.35. The summed E-state index contributed by atoms with van der Waals surface area (Å²) in [6.07, 6.45) is 0. The van der Waals surface area contributed by atoms with Crippen molar-refractivity contribution in [3.8, 4) is 11.5 Å².